The van der Waals surface area contributed by atoms with E-state index in [-0.39, 0.29) is 0 Å². The van der Waals surface area contributed by atoms with Crippen LogP contribution in [-0.2, 0) is 0 Å². The number of nitrogens with one attached hydrogen (secondary N) is 1. The SMILES string of the molecule is Clc1cc(Nc2ccc3ncsc3c2)nc(C2CC2)n1. The maximum absolute atomic E-state index is 6.07. The van der Waals surface area contributed by atoms with Crippen LogP contribution in [0, 0.1) is 0 Å². The van der Waals surface area contributed by atoms with Gasteiger partial charge in [0.05, 0.1) is 15.7 Å². The molecule has 4 nitrogen and oxygen atoms in total. The molecule has 1 aliphatic carbocycles. The molecular formula is C14H11ClN4S. The minimum absolute atomic E-state index is 0.484. The normalized spacial score (nSPS) is 14.7. The van der Waals surface area contributed by atoms with Crippen molar-refractivity contribution in [3.05, 3.63) is 40.8 Å². The van der Waals surface area contributed by atoms with Crippen LogP contribution < -0.4 is 5.32 Å². The van der Waals surface area contributed by atoms with Gasteiger partial charge in [-0.25, -0.2) is 15.0 Å². The van der Waals surface area contributed by atoms with Gasteiger partial charge in [-0.15, -0.1) is 11.3 Å². The van der Waals surface area contributed by atoms with Crippen molar-refractivity contribution in [1.82, 2.24) is 15.0 Å². The van der Waals surface area contributed by atoms with Crippen molar-refractivity contribution >= 4 is 44.7 Å². The van der Waals surface area contributed by atoms with Gasteiger partial charge >= 0.3 is 0 Å². The smallest absolute Gasteiger partial charge is 0.135 e. The highest BCUT2D eigenvalue weighted by Crippen LogP contribution is 2.39. The van der Waals surface area contributed by atoms with Gasteiger partial charge in [-0.3, -0.25) is 0 Å². The summed E-state index contributed by atoms with van der Waals surface area (Å²) in [7, 11) is 0. The predicted octanol–water partition coefficient (Wildman–Crippen LogP) is 4.36. The first kappa shape index (κ1) is 12.1. The molecule has 6 heteroatoms. The molecule has 0 saturated heterocycles. The lowest BCUT2D eigenvalue weighted by Crippen LogP contribution is -1.99. The van der Waals surface area contributed by atoms with E-state index in [0.29, 0.717) is 11.1 Å². The second-order valence-electron chi connectivity index (χ2n) is 4.87. The van der Waals surface area contributed by atoms with Crippen LogP contribution in [0.25, 0.3) is 10.2 Å². The van der Waals surface area contributed by atoms with Gasteiger partial charge in [-0.05, 0) is 31.0 Å². The molecule has 0 amide bonds. The number of aromatic nitrogens is 3. The zero-order valence-electron chi connectivity index (χ0n) is 10.5. The molecule has 2 heterocycles. The molecule has 100 valence electrons. The van der Waals surface area contributed by atoms with E-state index in [0.717, 1.165) is 40.4 Å². The fourth-order valence-electron chi connectivity index (χ4n) is 2.10. The fourth-order valence-corrected chi connectivity index (χ4v) is 3.01. The molecule has 0 radical (unpaired) electrons. The standard InChI is InChI=1S/C14H11ClN4S/c15-12-6-13(19-14(18-12)8-1-2-8)17-9-3-4-10-11(5-9)20-7-16-10/h3-8H,1-2H2,(H,17,18,19). The Balaban J connectivity index is 1.67. The average Bonchev–Trinajstić information content (AvgIpc) is 3.17. The first-order valence-electron chi connectivity index (χ1n) is 6.43. The number of rotatable bonds is 3. The lowest BCUT2D eigenvalue weighted by Gasteiger charge is -2.07. The van der Waals surface area contributed by atoms with Crippen molar-refractivity contribution in [2.75, 3.05) is 5.32 Å². The molecule has 2 aromatic heterocycles. The molecule has 1 N–H and O–H groups in total. The Bertz CT molecular complexity index is 782. The summed E-state index contributed by atoms with van der Waals surface area (Å²) in [4.78, 5) is 13.1. The van der Waals surface area contributed by atoms with Crippen molar-refractivity contribution in [1.29, 1.82) is 0 Å². The van der Waals surface area contributed by atoms with E-state index in [4.69, 9.17) is 11.6 Å². The van der Waals surface area contributed by atoms with Crippen molar-refractivity contribution < 1.29 is 0 Å². The van der Waals surface area contributed by atoms with Crippen LogP contribution in [0.2, 0.25) is 5.15 Å². The third kappa shape index (κ3) is 2.34. The van der Waals surface area contributed by atoms with Crippen LogP contribution >= 0.6 is 22.9 Å². The van der Waals surface area contributed by atoms with Crippen LogP contribution in [0.1, 0.15) is 24.6 Å². The number of thiazole rings is 1. The van der Waals surface area contributed by atoms with Gasteiger partial charge in [0.1, 0.15) is 16.8 Å². The Labute approximate surface area is 124 Å². The Kier molecular flexibility index (Phi) is 2.82. The van der Waals surface area contributed by atoms with Crippen LogP contribution in [0.3, 0.4) is 0 Å². The number of anilines is 2. The second kappa shape index (κ2) is 4.68. The molecule has 20 heavy (non-hydrogen) atoms. The molecule has 0 aliphatic heterocycles. The van der Waals surface area contributed by atoms with Gasteiger partial charge in [0.2, 0.25) is 0 Å². The number of nitrogens with zero attached hydrogens (tertiary/aromatic N) is 3. The quantitative estimate of drug-likeness (QED) is 0.730. The predicted molar refractivity (Wildman–Crippen MR) is 81.9 cm³/mol. The van der Waals surface area contributed by atoms with E-state index in [1.165, 1.54) is 0 Å². The molecule has 1 aliphatic rings. The summed E-state index contributed by atoms with van der Waals surface area (Å²) in [6, 6.07) is 7.82. The van der Waals surface area contributed by atoms with E-state index < -0.39 is 0 Å². The minimum Gasteiger partial charge on any atom is -0.340 e. The van der Waals surface area contributed by atoms with E-state index in [9.17, 15) is 0 Å². The summed E-state index contributed by atoms with van der Waals surface area (Å²) < 4.78 is 1.15. The van der Waals surface area contributed by atoms with Crippen molar-refractivity contribution in [3.63, 3.8) is 0 Å². The number of fused-ring (bicyclic) bond motifs is 1. The van der Waals surface area contributed by atoms with E-state index >= 15 is 0 Å². The number of hydrogen-bond acceptors (Lipinski definition) is 5. The Morgan fingerprint density at radius 2 is 2.10 bits per heavy atom. The van der Waals surface area contributed by atoms with E-state index in [1.54, 1.807) is 17.4 Å². The Morgan fingerprint density at radius 3 is 2.95 bits per heavy atom. The van der Waals surface area contributed by atoms with Gasteiger partial charge < -0.3 is 5.32 Å². The van der Waals surface area contributed by atoms with Crippen LogP contribution in [0.5, 0.6) is 0 Å². The molecule has 1 saturated carbocycles. The topological polar surface area (TPSA) is 50.7 Å². The van der Waals surface area contributed by atoms with Crippen LogP contribution in [-0.4, -0.2) is 15.0 Å². The lowest BCUT2D eigenvalue weighted by atomic mass is 10.3. The molecular weight excluding hydrogens is 292 g/mol. The summed E-state index contributed by atoms with van der Waals surface area (Å²) in [5.41, 5.74) is 3.85. The zero-order chi connectivity index (χ0) is 13.5. The summed E-state index contributed by atoms with van der Waals surface area (Å²) in [6.45, 7) is 0. The maximum atomic E-state index is 6.07. The average molecular weight is 303 g/mol. The molecule has 0 bridgehead atoms. The first-order chi connectivity index (χ1) is 9.78. The molecule has 1 aromatic carbocycles. The second-order valence-corrected chi connectivity index (χ2v) is 6.14. The first-order valence-corrected chi connectivity index (χ1v) is 7.68. The van der Waals surface area contributed by atoms with Crippen molar-refractivity contribution in [2.45, 2.75) is 18.8 Å². The summed E-state index contributed by atoms with van der Waals surface area (Å²) in [6.07, 6.45) is 2.32. The van der Waals surface area contributed by atoms with Gasteiger partial charge in [0.15, 0.2) is 0 Å². The molecule has 0 atom stereocenters. The summed E-state index contributed by atoms with van der Waals surface area (Å²) in [5, 5.41) is 3.78. The fraction of sp³-hybridized carbons (Fsp3) is 0.214. The lowest BCUT2D eigenvalue weighted by molar-refractivity contribution is 0.931. The highest BCUT2D eigenvalue weighted by molar-refractivity contribution is 7.16. The van der Waals surface area contributed by atoms with E-state index in [1.807, 2.05) is 17.6 Å². The number of benzene rings is 1. The number of hydrogen-bond donors (Lipinski definition) is 1. The van der Waals surface area contributed by atoms with Crippen LogP contribution in [0.4, 0.5) is 11.5 Å². The van der Waals surface area contributed by atoms with Gasteiger partial charge in [-0.2, -0.15) is 0 Å². The number of halogens is 1. The van der Waals surface area contributed by atoms with Gasteiger partial charge in [0, 0.05) is 17.7 Å². The highest BCUT2D eigenvalue weighted by atomic mass is 35.5. The molecule has 1 fully saturated rings. The maximum Gasteiger partial charge on any atom is 0.135 e. The molecule has 0 spiro atoms. The molecule has 3 aromatic rings. The highest BCUT2D eigenvalue weighted by Gasteiger charge is 2.27. The Morgan fingerprint density at radius 1 is 1.20 bits per heavy atom. The molecule has 0 unspecified atom stereocenters. The van der Waals surface area contributed by atoms with Gasteiger partial charge in [0.25, 0.3) is 0 Å². The van der Waals surface area contributed by atoms with Crippen LogP contribution in [0.15, 0.2) is 29.8 Å². The van der Waals surface area contributed by atoms with Crippen molar-refractivity contribution in [2.24, 2.45) is 0 Å². The third-order valence-electron chi connectivity index (χ3n) is 3.26. The third-order valence-corrected chi connectivity index (χ3v) is 4.24. The summed E-state index contributed by atoms with van der Waals surface area (Å²) >= 11 is 7.69. The summed E-state index contributed by atoms with van der Waals surface area (Å²) in [5.74, 6) is 2.08. The zero-order valence-corrected chi connectivity index (χ0v) is 12.1. The van der Waals surface area contributed by atoms with Gasteiger partial charge in [-0.1, -0.05) is 11.6 Å². The van der Waals surface area contributed by atoms with E-state index in [2.05, 4.69) is 26.3 Å². The molecule has 4 rings (SSSR count). The minimum atomic E-state index is 0.484. The van der Waals surface area contributed by atoms with Crippen molar-refractivity contribution in [3.8, 4) is 0 Å². The monoisotopic (exact) mass is 302 g/mol. The largest absolute Gasteiger partial charge is 0.340 e. The Hall–Kier alpha value is -1.72.